The topological polar surface area (TPSA) is 84.3 Å². The molecule has 0 spiro atoms. The van der Waals surface area contributed by atoms with E-state index in [0.29, 0.717) is 22.5 Å². The number of aromatic amines is 1. The zero-order valence-corrected chi connectivity index (χ0v) is 14.0. The van der Waals surface area contributed by atoms with Crippen molar-refractivity contribution in [3.8, 4) is 0 Å². The van der Waals surface area contributed by atoms with E-state index in [0.717, 1.165) is 5.76 Å². The first-order chi connectivity index (χ1) is 10.9. The van der Waals surface area contributed by atoms with Crippen LogP contribution in [0.1, 0.15) is 57.8 Å². The molecule has 0 aromatic carbocycles. The Balaban J connectivity index is 2.18. The summed E-state index contributed by atoms with van der Waals surface area (Å²) in [6.07, 6.45) is 1.60. The number of carbonyl (C=O) groups excluding carboxylic acids is 2. The van der Waals surface area contributed by atoms with E-state index in [9.17, 15) is 9.59 Å². The smallest absolute Gasteiger partial charge is 0.339 e. The highest BCUT2D eigenvalue weighted by molar-refractivity contribution is 6.03. The maximum absolute atomic E-state index is 12.7. The zero-order chi connectivity index (χ0) is 17.1. The summed E-state index contributed by atoms with van der Waals surface area (Å²) in [4.78, 5) is 27.5. The minimum atomic E-state index is -0.445. The molecular formula is C17H22N2O4. The van der Waals surface area contributed by atoms with Gasteiger partial charge in [0, 0.05) is 5.69 Å². The summed E-state index contributed by atoms with van der Waals surface area (Å²) in [6.45, 7) is 7.20. The Bertz CT molecular complexity index is 701. The van der Waals surface area contributed by atoms with Gasteiger partial charge in [0.15, 0.2) is 5.78 Å². The summed E-state index contributed by atoms with van der Waals surface area (Å²) in [6, 6.07) is 3.13. The molecular weight excluding hydrogens is 296 g/mol. The van der Waals surface area contributed by atoms with Crippen LogP contribution in [0.4, 0.5) is 0 Å². The minimum absolute atomic E-state index is 0.0969. The first-order valence-corrected chi connectivity index (χ1v) is 7.48. The third-order valence-corrected chi connectivity index (χ3v) is 3.94. The number of methoxy groups -OCH3 is 1. The third-order valence-electron chi connectivity index (χ3n) is 3.94. The van der Waals surface area contributed by atoms with Crippen LogP contribution in [0.2, 0.25) is 0 Å². The van der Waals surface area contributed by atoms with Gasteiger partial charge in [0.25, 0.3) is 0 Å². The molecule has 2 aromatic heterocycles. The number of aromatic nitrogens is 1. The van der Waals surface area contributed by atoms with Gasteiger partial charge in [-0.15, -0.1) is 0 Å². The minimum Gasteiger partial charge on any atom is -0.468 e. The van der Waals surface area contributed by atoms with Crippen LogP contribution >= 0.6 is 0 Å². The molecule has 0 bridgehead atoms. The van der Waals surface area contributed by atoms with Gasteiger partial charge < -0.3 is 14.1 Å². The Morgan fingerprint density at radius 2 is 2.00 bits per heavy atom. The van der Waals surface area contributed by atoms with E-state index in [2.05, 4.69) is 10.3 Å². The molecule has 0 unspecified atom stereocenters. The molecule has 6 heteroatoms. The van der Waals surface area contributed by atoms with Crippen molar-refractivity contribution in [2.45, 2.75) is 39.8 Å². The van der Waals surface area contributed by atoms with Crippen molar-refractivity contribution in [1.82, 2.24) is 10.3 Å². The molecule has 0 saturated carbocycles. The molecule has 0 aliphatic heterocycles. The van der Waals surface area contributed by atoms with E-state index >= 15 is 0 Å². The van der Waals surface area contributed by atoms with Crippen molar-refractivity contribution in [3.05, 3.63) is 46.7 Å². The molecule has 2 atom stereocenters. The van der Waals surface area contributed by atoms with Crippen molar-refractivity contribution in [1.29, 1.82) is 0 Å². The number of esters is 1. The molecule has 0 amide bonds. The first-order valence-electron chi connectivity index (χ1n) is 7.48. The summed E-state index contributed by atoms with van der Waals surface area (Å²) in [5, 5.41) is 3.20. The Morgan fingerprint density at radius 3 is 2.57 bits per heavy atom. The molecule has 0 fully saturated rings. The lowest BCUT2D eigenvalue weighted by atomic mass is 10.0. The molecule has 2 heterocycles. The van der Waals surface area contributed by atoms with Gasteiger partial charge in [-0.2, -0.15) is 0 Å². The highest BCUT2D eigenvalue weighted by Crippen LogP contribution is 2.21. The molecule has 6 nitrogen and oxygen atoms in total. The van der Waals surface area contributed by atoms with Gasteiger partial charge in [-0.1, -0.05) is 0 Å². The number of ketones is 1. The fourth-order valence-corrected chi connectivity index (χ4v) is 2.69. The van der Waals surface area contributed by atoms with Crippen LogP contribution in [0.3, 0.4) is 0 Å². The largest absolute Gasteiger partial charge is 0.468 e. The van der Waals surface area contributed by atoms with E-state index in [1.165, 1.54) is 7.11 Å². The van der Waals surface area contributed by atoms with Crippen molar-refractivity contribution >= 4 is 11.8 Å². The van der Waals surface area contributed by atoms with E-state index in [1.807, 2.05) is 13.0 Å². The second-order valence-electron chi connectivity index (χ2n) is 5.61. The number of hydrogen-bond donors (Lipinski definition) is 2. The van der Waals surface area contributed by atoms with Crippen molar-refractivity contribution < 1.29 is 18.7 Å². The van der Waals surface area contributed by atoms with Crippen LogP contribution in [0, 0.1) is 13.8 Å². The van der Waals surface area contributed by atoms with Gasteiger partial charge in [0.05, 0.1) is 36.7 Å². The monoisotopic (exact) mass is 318 g/mol. The predicted molar refractivity (Wildman–Crippen MR) is 85.7 cm³/mol. The lowest BCUT2D eigenvalue weighted by Crippen LogP contribution is -2.36. The molecule has 0 aliphatic rings. The van der Waals surface area contributed by atoms with E-state index in [1.54, 1.807) is 33.1 Å². The average Bonchev–Trinajstić information content (AvgIpc) is 3.14. The molecule has 0 saturated heterocycles. The van der Waals surface area contributed by atoms with Crippen LogP contribution in [-0.4, -0.2) is 29.9 Å². The number of Topliss-reactive ketones (excluding diaryl/α,β-unsaturated/α-hetero) is 1. The van der Waals surface area contributed by atoms with Gasteiger partial charge >= 0.3 is 5.97 Å². The Kier molecular flexibility index (Phi) is 5.05. The molecule has 0 aliphatic carbocycles. The van der Waals surface area contributed by atoms with Gasteiger partial charge in [0.1, 0.15) is 5.76 Å². The summed E-state index contributed by atoms with van der Waals surface area (Å²) < 4.78 is 10.1. The lowest BCUT2D eigenvalue weighted by Gasteiger charge is -2.17. The second-order valence-corrected chi connectivity index (χ2v) is 5.61. The molecule has 2 N–H and O–H groups in total. The number of H-pyrrole nitrogens is 1. The van der Waals surface area contributed by atoms with Gasteiger partial charge in [0.2, 0.25) is 0 Å². The van der Waals surface area contributed by atoms with Crippen LogP contribution < -0.4 is 5.32 Å². The van der Waals surface area contributed by atoms with Crippen molar-refractivity contribution in [2.24, 2.45) is 0 Å². The Hall–Kier alpha value is -2.34. The maximum Gasteiger partial charge on any atom is 0.339 e. The van der Waals surface area contributed by atoms with Gasteiger partial charge in [-0.3, -0.25) is 10.1 Å². The van der Waals surface area contributed by atoms with Crippen molar-refractivity contribution in [3.63, 3.8) is 0 Å². The second kappa shape index (κ2) is 6.83. The van der Waals surface area contributed by atoms with Crippen LogP contribution in [0.15, 0.2) is 22.8 Å². The number of hydrogen-bond acceptors (Lipinski definition) is 5. The fraction of sp³-hybridized carbons (Fsp3) is 0.412. The summed E-state index contributed by atoms with van der Waals surface area (Å²) in [5.74, 6) is 0.207. The maximum atomic E-state index is 12.7. The lowest BCUT2D eigenvalue weighted by molar-refractivity contribution is 0.0599. The summed E-state index contributed by atoms with van der Waals surface area (Å²) >= 11 is 0. The van der Waals surface area contributed by atoms with Gasteiger partial charge in [-0.05, 0) is 45.4 Å². The zero-order valence-electron chi connectivity index (χ0n) is 14.0. The summed E-state index contributed by atoms with van der Waals surface area (Å²) in [7, 11) is 1.32. The Morgan fingerprint density at radius 1 is 1.30 bits per heavy atom. The molecule has 23 heavy (non-hydrogen) atoms. The van der Waals surface area contributed by atoms with E-state index in [4.69, 9.17) is 9.15 Å². The van der Waals surface area contributed by atoms with E-state index < -0.39 is 12.0 Å². The number of ether oxygens (including phenoxy) is 1. The van der Waals surface area contributed by atoms with Gasteiger partial charge in [-0.25, -0.2) is 4.79 Å². The number of furan rings is 1. The number of aryl methyl sites for hydroxylation is 1. The standard InChI is InChI=1S/C17H22N2O4/c1-9-14(17(21)22-5)11(3)19-15(9)16(20)12(4)18-10(2)13-7-6-8-23-13/h6-8,10,12,18-19H,1-5H3/t10-,12+/m0/s1. The molecule has 0 radical (unpaired) electrons. The SMILES string of the molecule is COC(=O)c1c(C)[nH]c(C(=O)[C@@H](C)N[C@@H](C)c2ccco2)c1C. The number of nitrogens with one attached hydrogen (secondary N) is 2. The van der Waals surface area contributed by atoms with Crippen LogP contribution in [0.5, 0.6) is 0 Å². The number of rotatable bonds is 6. The molecule has 124 valence electrons. The van der Waals surface area contributed by atoms with Crippen molar-refractivity contribution in [2.75, 3.05) is 7.11 Å². The highest BCUT2D eigenvalue weighted by atomic mass is 16.5. The quantitative estimate of drug-likeness (QED) is 0.632. The molecule has 2 rings (SSSR count). The fourth-order valence-electron chi connectivity index (χ4n) is 2.69. The highest BCUT2D eigenvalue weighted by Gasteiger charge is 2.26. The third kappa shape index (κ3) is 3.37. The average molecular weight is 318 g/mol. The first kappa shape index (κ1) is 17.0. The van der Waals surface area contributed by atoms with Crippen LogP contribution in [-0.2, 0) is 4.74 Å². The van der Waals surface area contributed by atoms with E-state index in [-0.39, 0.29) is 11.8 Å². The number of carbonyl (C=O) groups is 2. The summed E-state index contributed by atoms with van der Waals surface area (Å²) in [5.41, 5.74) is 2.08. The van der Waals surface area contributed by atoms with Crippen LogP contribution in [0.25, 0.3) is 0 Å². The Labute approximate surface area is 135 Å². The molecule has 2 aromatic rings. The predicted octanol–water partition coefficient (Wildman–Crippen LogP) is 2.93. The normalized spacial score (nSPS) is 13.6.